The lowest BCUT2D eigenvalue weighted by Gasteiger charge is -2.26. The molecule has 0 spiro atoms. The molecule has 1 heterocycles. The molecule has 1 aromatic heterocycles. The van der Waals surface area contributed by atoms with Crippen LogP contribution in [0.4, 0.5) is 17.1 Å². The van der Waals surface area contributed by atoms with E-state index in [1.54, 1.807) is 0 Å². The Balaban J connectivity index is 1.21. The molecule has 0 amide bonds. The van der Waals surface area contributed by atoms with Crippen molar-refractivity contribution in [3.8, 4) is 11.1 Å². The van der Waals surface area contributed by atoms with Gasteiger partial charge in [-0.2, -0.15) is 0 Å². The molecule has 0 bridgehead atoms. The second kappa shape index (κ2) is 10.8. The summed E-state index contributed by atoms with van der Waals surface area (Å²) in [6.07, 6.45) is 0. The SMILES string of the molecule is c1ccc(-c2ccc(N(c3ccc4sc5cc6ccccc6cc5c4c3)c3ccc4c5ccccc5c5ccccc5c4c3)cc2)cc1. The van der Waals surface area contributed by atoms with Gasteiger partial charge in [-0.1, -0.05) is 121 Å². The number of rotatable bonds is 4. The third kappa shape index (κ3) is 4.31. The van der Waals surface area contributed by atoms with Crippen LogP contribution < -0.4 is 4.90 Å². The van der Waals surface area contributed by atoms with Gasteiger partial charge in [0.2, 0.25) is 0 Å². The van der Waals surface area contributed by atoms with Crippen LogP contribution in [0.5, 0.6) is 0 Å². The maximum atomic E-state index is 2.42. The number of fused-ring (bicyclic) bond motifs is 10. The molecule has 1 nitrogen and oxygen atoms in total. The van der Waals surface area contributed by atoms with Crippen LogP contribution in [0.1, 0.15) is 0 Å². The third-order valence-electron chi connectivity index (χ3n) is 9.80. The van der Waals surface area contributed by atoms with Gasteiger partial charge in [-0.25, -0.2) is 0 Å². The first kappa shape index (κ1) is 27.2. The minimum atomic E-state index is 1.13. The molecule has 0 aliphatic carbocycles. The molecule has 0 radical (unpaired) electrons. The quantitative estimate of drug-likeness (QED) is 0.176. The van der Waals surface area contributed by atoms with Gasteiger partial charge in [-0.3, -0.25) is 0 Å². The average molecular weight is 628 g/mol. The molecule has 0 fully saturated rings. The zero-order valence-electron chi connectivity index (χ0n) is 26.1. The standard InChI is InChI=1S/C46H29NS/c1-2-10-30(11-3-1)31-18-20-34(21-19-31)47(36-23-25-45-44(29-36)43-26-32-12-4-5-13-33(32)27-46(43)48-45)35-22-24-41-39-16-7-6-14-37(39)38-15-8-9-17-40(38)42(41)28-35/h1-29H. The number of thiophene rings is 1. The minimum Gasteiger partial charge on any atom is -0.310 e. The molecule has 2 heteroatoms. The van der Waals surface area contributed by atoms with Gasteiger partial charge < -0.3 is 4.90 Å². The van der Waals surface area contributed by atoms with E-state index in [9.17, 15) is 0 Å². The van der Waals surface area contributed by atoms with Gasteiger partial charge in [0, 0.05) is 37.2 Å². The fourth-order valence-electron chi connectivity index (χ4n) is 7.50. The van der Waals surface area contributed by atoms with Crippen LogP contribution in [-0.2, 0) is 0 Å². The van der Waals surface area contributed by atoms with Crippen LogP contribution in [0.3, 0.4) is 0 Å². The fraction of sp³-hybridized carbons (Fsp3) is 0. The molecular formula is C46H29NS. The molecule has 0 aliphatic heterocycles. The predicted molar refractivity (Wildman–Crippen MR) is 209 cm³/mol. The highest BCUT2D eigenvalue weighted by atomic mass is 32.1. The lowest BCUT2D eigenvalue weighted by Crippen LogP contribution is -2.09. The summed E-state index contributed by atoms with van der Waals surface area (Å²) in [5, 5.41) is 12.9. The van der Waals surface area contributed by atoms with Gasteiger partial charge in [-0.15, -0.1) is 11.3 Å². The first-order chi connectivity index (χ1) is 23.8. The van der Waals surface area contributed by atoms with Gasteiger partial charge in [0.1, 0.15) is 0 Å². The molecular weight excluding hydrogens is 599 g/mol. The Hall–Kier alpha value is -5.96. The van der Waals surface area contributed by atoms with Crippen molar-refractivity contribution in [3.63, 3.8) is 0 Å². The smallest absolute Gasteiger partial charge is 0.0468 e. The molecule has 48 heavy (non-hydrogen) atoms. The number of hydrogen-bond acceptors (Lipinski definition) is 2. The lowest BCUT2D eigenvalue weighted by molar-refractivity contribution is 1.30. The molecule has 0 saturated carbocycles. The Bertz CT molecular complexity index is 2790. The van der Waals surface area contributed by atoms with Crippen LogP contribution in [0.15, 0.2) is 176 Å². The van der Waals surface area contributed by atoms with Crippen molar-refractivity contribution < 1.29 is 0 Å². The maximum absolute atomic E-state index is 2.42. The van der Waals surface area contributed by atoms with E-state index < -0.39 is 0 Å². The van der Waals surface area contributed by atoms with Crippen molar-refractivity contribution in [3.05, 3.63) is 176 Å². The van der Waals surface area contributed by atoms with E-state index in [1.807, 2.05) is 11.3 Å². The zero-order valence-corrected chi connectivity index (χ0v) is 26.9. The molecule has 0 saturated heterocycles. The normalized spacial score (nSPS) is 11.8. The monoisotopic (exact) mass is 627 g/mol. The summed E-state index contributed by atoms with van der Waals surface area (Å²) in [6.45, 7) is 0. The second-order valence-corrected chi connectivity index (χ2v) is 13.6. The Kier molecular flexibility index (Phi) is 6.12. The highest BCUT2D eigenvalue weighted by Crippen LogP contribution is 2.44. The summed E-state index contributed by atoms with van der Waals surface area (Å²) in [5.74, 6) is 0. The number of benzene rings is 9. The van der Waals surface area contributed by atoms with Crippen LogP contribution in [-0.4, -0.2) is 0 Å². The summed E-state index contributed by atoms with van der Waals surface area (Å²) >= 11 is 1.87. The number of nitrogens with zero attached hydrogens (tertiary/aromatic N) is 1. The van der Waals surface area contributed by atoms with Crippen LogP contribution in [0, 0.1) is 0 Å². The summed E-state index contributed by atoms with van der Waals surface area (Å²) in [6, 6.07) is 64.6. The number of hydrogen-bond donors (Lipinski definition) is 0. The molecule has 0 unspecified atom stereocenters. The van der Waals surface area contributed by atoms with E-state index in [0.717, 1.165) is 17.1 Å². The van der Waals surface area contributed by atoms with E-state index in [-0.39, 0.29) is 0 Å². The van der Waals surface area contributed by atoms with E-state index in [1.165, 1.54) is 74.4 Å². The fourth-order valence-corrected chi connectivity index (χ4v) is 8.62. The van der Waals surface area contributed by atoms with E-state index in [2.05, 4.69) is 181 Å². The molecule has 10 rings (SSSR count). The Morgan fingerprint density at radius 3 is 1.46 bits per heavy atom. The summed E-state index contributed by atoms with van der Waals surface area (Å²) in [4.78, 5) is 2.42. The Morgan fingerprint density at radius 2 is 0.771 bits per heavy atom. The summed E-state index contributed by atoms with van der Waals surface area (Å²) in [7, 11) is 0. The van der Waals surface area contributed by atoms with Gasteiger partial charge in [0.15, 0.2) is 0 Å². The van der Waals surface area contributed by atoms with E-state index in [4.69, 9.17) is 0 Å². The average Bonchev–Trinajstić information content (AvgIpc) is 3.51. The van der Waals surface area contributed by atoms with Gasteiger partial charge >= 0.3 is 0 Å². The van der Waals surface area contributed by atoms with Crippen molar-refractivity contribution in [1.82, 2.24) is 0 Å². The molecule has 0 N–H and O–H groups in total. The van der Waals surface area contributed by atoms with E-state index >= 15 is 0 Å². The lowest BCUT2D eigenvalue weighted by atomic mass is 9.94. The first-order valence-electron chi connectivity index (χ1n) is 16.4. The van der Waals surface area contributed by atoms with Crippen molar-refractivity contribution in [2.24, 2.45) is 0 Å². The maximum Gasteiger partial charge on any atom is 0.0468 e. The van der Waals surface area contributed by atoms with Crippen molar-refractivity contribution in [1.29, 1.82) is 0 Å². The molecule has 9 aromatic carbocycles. The predicted octanol–water partition coefficient (Wildman–Crippen LogP) is 13.8. The molecule has 0 atom stereocenters. The van der Waals surface area contributed by atoms with Crippen LogP contribution in [0.25, 0.3) is 74.4 Å². The van der Waals surface area contributed by atoms with Crippen LogP contribution in [0.2, 0.25) is 0 Å². The third-order valence-corrected chi connectivity index (χ3v) is 10.9. The number of anilines is 3. The van der Waals surface area contributed by atoms with Gasteiger partial charge in [-0.05, 0) is 109 Å². The Labute approximate surface area is 282 Å². The Morgan fingerprint density at radius 1 is 0.292 bits per heavy atom. The highest BCUT2D eigenvalue weighted by molar-refractivity contribution is 7.25. The topological polar surface area (TPSA) is 3.24 Å². The van der Waals surface area contributed by atoms with Crippen LogP contribution >= 0.6 is 11.3 Å². The van der Waals surface area contributed by atoms with Gasteiger partial charge in [0.25, 0.3) is 0 Å². The van der Waals surface area contributed by atoms with Crippen molar-refractivity contribution >= 4 is 91.7 Å². The zero-order chi connectivity index (χ0) is 31.6. The van der Waals surface area contributed by atoms with Crippen molar-refractivity contribution in [2.75, 3.05) is 4.90 Å². The molecule has 10 aromatic rings. The molecule has 0 aliphatic rings. The largest absolute Gasteiger partial charge is 0.310 e. The first-order valence-corrected chi connectivity index (χ1v) is 17.2. The minimum absolute atomic E-state index is 1.13. The summed E-state index contributed by atoms with van der Waals surface area (Å²) in [5.41, 5.74) is 5.84. The second-order valence-electron chi connectivity index (χ2n) is 12.5. The molecule has 224 valence electrons. The van der Waals surface area contributed by atoms with Gasteiger partial charge in [0.05, 0.1) is 0 Å². The van der Waals surface area contributed by atoms with E-state index in [0.29, 0.717) is 0 Å². The van der Waals surface area contributed by atoms with Crippen molar-refractivity contribution in [2.45, 2.75) is 0 Å². The summed E-state index contributed by atoms with van der Waals surface area (Å²) < 4.78 is 2.63. The highest BCUT2D eigenvalue weighted by Gasteiger charge is 2.17.